The number of hydrogen-bond acceptors (Lipinski definition) is 9. The molecule has 2 fully saturated rings. The van der Waals surface area contributed by atoms with Crippen LogP contribution >= 0.6 is 12.2 Å². The zero-order valence-electron chi connectivity index (χ0n) is 13.3. The van der Waals surface area contributed by atoms with Crippen molar-refractivity contribution in [1.82, 2.24) is 0 Å². The molecule has 2 heterocycles. The molecule has 0 aliphatic carbocycles. The van der Waals surface area contributed by atoms with Crippen LogP contribution in [0.15, 0.2) is 4.99 Å². The Bertz CT molecular complexity index is 531. The van der Waals surface area contributed by atoms with Crippen molar-refractivity contribution >= 4 is 29.3 Å². The average Bonchev–Trinajstić information content (AvgIpc) is 2.88. The van der Waals surface area contributed by atoms with Gasteiger partial charge < -0.3 is 23.7 Å². The van der Waals surface area contributed by atoms with Gasteiger partial charge in [0.1, 0.15) is 24.9 Å². The lowest BCUT2D eigenvalue weighted by Crippen LogP contribution is -2.44. The maximum Gasteiger partial charge on any atom is 0.303 e. The van der Waals surface area contributed by atoms with Crippen LogP contribution in [0.4, 0.5) is 0 Å². The van der Waals surface area contributed by atoms with Gasteiger partial charge in [0.05, 0.1) is 5.16 Å². The number of carbonyl (C=O) groups excluding carboxylic acids is 2. The summed E-state index contributed by atoms with van der Waals surface area (Å²) in [6.07, 6.45) is -2.77. The second kappa shape index (κ2) is 7.02. The Hall–Kier alpha value is -1.38. The van der Waals surface area contributed by atoms with Crippen LogP contribution in [0.2, 0.25) is 0 Å². The number of ether oxygens (including phenoxy) is 5. The van der Waals surface area contributed by atoms with Gasteiger partial charge in [-0.05, 0) is 26.1 Å². The predicted octanol–water partition coefficient (Wildman–Crippen LogP) is 0.829. The summed E-state index contributed by atoms with van der Waals surface area (Å²) in [4.78, 5) is 26.4. The lowest BCUT2D eigenvalue weighted by Gasteiger charge is -2.28. The highest BCUT2D eigenvalue weighted by Gasteiger charge is 2.57. The first-order valence-electron chi connectivity index (χ1n) is 7.12. The second-order valence-corrected chi connectivity index (χ2v) is 5.91. The summed E-state index contributed by atoms with van der Waals surface area (Å²) < 4.78 is 27.4. The number of esters is 2. The normalized spacial score (nSPS) is 32.5. The summed E-state index contributed by atoms with van der Waals surface area (Å²) in [6, 6.07) is -0.584. The molecule has 2 aliphatic heterocycles. The second-order valence-electron chi connectivity index (χ2n) is 5.73. The van der Waals surface area contributed by atoms with Crippen LogP contribution in [0, 0.1) is 0 Å². The molecule has 0 bridgehead atoms. The molecule has 0 radical (unpaired) electrons. The van der Waals surface area contributed by atoms with Crippen LogP contribution in [0.1, 0.15) is 27.7 Å². The molecule has 0 N–H and O–H groups in total. The molecule has 8 nitrogen and oxygen atoms in total. The van der Waals surface area contributed by atoms with E-state index in [-0.39, 0.29) is 6.61 Å². The highest BCUT2D eigenvalue weighted by atomic mass is 32.1. The van der Waals surface area contributed by atoms with Crippen LogP contribution in [-0.4, -0.2) is 60.1 Å². The molecule has 0 saturated carbocycles. The Balaban J connectivity index is 2.18. The van der Waals surface area contributed by atoms with Gasteiger partial charge >= 0.3 is 11.9 Å². The summed E-state index contributed by atoms with van der Waals surface area (Å²) in [6.45, 7) is 5.86. The van der Waals surface area contributed by atoms with E-state index in [0.717, 1.165) is 0 Å². The molecular weight excluding hydrogens is 326 g/mol. The SMILES string of the molecule is CC(=O)OC[C@@H](OC(C)=O)[C@@H]1O[C@@H]2OC(C)(C)O[C@@H]2[C@H]1N=C=S. The fourth-order valence-electron chi connectivity index (χ4n) is 2.64. The molecule has 23 heavy (non-hydrogen) atoms. The Kier molecular flexibility index (Phi) is 5.49. The van der Waals surface area contributed by atoms with Gasteiger partial charge in [0, 0.05) is 13.8 Å². The lowest BCUT2D eigenvalue weighted by atomic mass is 10.0. The topological polar surface area (TPSA) is 92.7 Å². The highest BCUT2D eigenvalue weighted by molar-refractivity contribution is 7.78. The van der Waals surface area contributed by atoms with E-state index in [9.17, 15) is 9.59 Å². The van der Waals surface area contributed by atoms with E-state index in [1.54, 1.807) is 13.8 Å². The van der Waals surface area contributed by atoms with Crippen molar-refractivity contribution in [2.24, 2.45) is 4.99 Å². The van der Waals surface area contributed by atoms with E-state index in [1.165, 1.54) is 13.8 Å². The Morgan fingerprint density at radius 2 is 2.00 bits per heavy atom. The molecule has 2 saturated heterocycles. The predicted molar refractivity (Wildman–Crippen MR) is 79.7 cm³/mol. The van der Waals surface area contributed by atoms with Crippen LogP contribution < -0.4 is 0 Å². The summed E-state index contributed by atoms with van der Waals surface area (Å²) in [5.41, 5.74) is 0. The van der Waals surface area contributed by atoms with Gasteiger partial charge in [0.2, 0.25) is 0 Å². The van der Waals surface area contributed by atoms with E-state index >= 15 is 0 Å². The molecule has 0 unspecified atom stereocenters. The van der Waals surface area contributed by atoms with E-state index in [1.807, 2.05) is 0 Å². The highest BCUT2D eigenvalue weighted by Crippen LogP contribution is 2.40. The van der Waals surface area contributed by atoms with E-state index < -0.39 is 48.4 Å². The zero-order chi connectivity index (χ0) is 17.2. The largest absolute Gasteiger partial charge is 0.462 e. The van der Waals surface area contributed by atoms with E-state index in [2.05, 4.69) is 22.4 Å². The van der Waals surface area contributed by atoms with Crippen molar-refractivity contribution in [3.63, 3.8) is 0 Å². The number of isothiocyanates is 1. The number of fused-ring (bicyclic) bond motifs is 1. The molecule has 0 aromatic heterocycles. The maximum absolute atomic E-state index is 11.3. The Labute approximate surface area is 139 Å². The molecular formula is C14H19NO7S. The zero-order valence-corrected chi connectivity index (χ0v) is 14.1. The average molecular weight is 345 g/mol. The number of thiocarbonyl (C=S) groups is 1. The molecule has 0 amide bonds. The number of nitrogens with zero attached hydrogens (tertiary/aromatic N) is 1. The van der Waals surface area contributed by atoms with Crippen molar-refractivity contribution in [3.8, 4) is 0 Å². The van der Waals surface area contributed by atoms with Crippen LogP contribution in [-0.2, 0) is 33.3 Å². The molecule has 9 heteroatoms. The van der Waals surface area contributed by atoms with Gasteiger partial charge in [-0.25, -0.2) is 4.99 Å². The molecule has 2 aliphatic rings. The third kappa shape index (κ3) is 4.33. The van der Waals surface area contributed by atoms with E-state index in [4.69, 9.17) is 23.7 Å². The van der Waals surface area contributed by atoms with Crippen molar-refractivity contribution < 1.29 is 33.3 Å². The molecule has 2 rings (SSSR count). The third-order valence-corrected chi connectivity index (χ3v) is 3.49. The first kappa shape index (κ1) is 18.0. The first-order chi connectivity index (χ1) is 10.7. The molecule has 0 spiro atoms. The quantitative estimate of drug-likeness (QED) is 0.411. The first-order valence-corrected chi connectivity index (χ1v) is 7.53. The monoisotopic (exact) mass is 345 g/mol. The number of carbonyl (C=O) groups is 2. The fraction of sp³-hybridized carbons (Fsp3) is 0.786. The fourth-order valence-corrected chi connectivity index (χ4v) is 2.76. The smallest absolute Gasteiger partial charge is 0.303 e. The summed E-state index contributed by atoms with van der Waals surface area (Å²) in [5.74, 6) is -1.85. The summed E-state index contributed by atoms with van der Waals surface area (Å²) >= 11 is 4.68. The van der Waals surface area contributed by atoms with Crippen LogP contribution in [0.5, 0.6) is 0 Å². The standard InChI is InChI=1S/C14H19NO7S/c1-7(16)18-5-9(19-8(2)17)11-10(15-6-23)12-13(20-11)22-14(3,4)21-12/h9-13H,5H2,1-4H3/t9-,10+,11+,12-,13-/m1/s1. The van der Waals surface area contributed by atoms with Gasteiger partial charge in [0.15, 0.2) is 18.2 Å². The Morgan fingerprint density at radius 1 is 1.30 bits per heavy atom. The van der Waals surface area contributed by atoms with Crippen molar-refractivity contribution in [2.75, 3.05) is 6.61 Å². The molecule has 128 valence electrons. The van der Waals surface area contributed by atoms with Crippen LogP contribution in [0.25, 0.3) is 0 Å². The summed E-state index contributed by atoms with van der Waals surface area (Å²) in [5, 5.41) is 2.30. The van der Waals surface area contributed by atoms with Crippen molar-refractivity contribution in [2.45, 2.75) is 64.1 Å². The minimum absolute atomic E-state index is 0.161. The van der Waals surface area contributed by atoms with Gasteiger partial charge in [-0.1, -0.05) is 0 Å². The van der Waals surface area contributed by atoms with Crippen molar-refractivity contribution in [1.29, 1.82) is 0 Å². The van der Waals surface area contributed by atoms with Crippen molar-refractivity contribution in [3.05, 3.63) is 0 Å². The minimum Gasteiger partial charge on any atom is -0.462 e. The number of hydrogen-bond donors (Lipinski definition) is 0. The van der Waals surface area contributed by atoms with E-state index in [0.29, 0.717) is 0 Å². The lowest BCUT2D eigenvalue weighted by molar-refractivity contribution is -0.221. The molecule has 0 aromatic rings. The van der Waals surface area contributed by atoms with Gasteiger partial charge in [-0.2, -0.15) is 0 Å². The third-order valence-electron chi connectivity index (χ3n) is 3.39. The van der Waals surface area contributed by atoms with Crippen LogP contribution in [0.3, 0.4) is 0 Å². The van der Waals surface area contributed by atoms with Gasteiger partial charge in [0.25, 0.3) is 0 Å². The Morgan fingerprint density at radius 3 is 2.57 bits per heavy atom. The number of rotatable bonds is 5. The molecule has 5 atom stereocenters. The maximum atomic E-state index is 11.3. The molecule has 0 aromatic carbocycles. The van der Waals surface area contributed by atoms with Gasteiger partial charge in [-0.3, -0.25) is 9.59 Å². The van der Waals surface area contributed by atoms with Gasteiger partial charge in [-0.15, -0.1) is 0 Å². The summed E-state index contributed by atoms with van der Waals surface area (Å²) in [7, 11) is 0. The number of aliphatic imine (C=N–C) groups is 1. The minimum atomic E-state index is -0.852.